The van der Waals surface area contributed by atoms with Crippen molar-refractivity contribution in [2.45, 2.75) is 6.92 Å². The van der Waals surface area contributed by atoms with Gasteiger partial charge in [0.1, 0.15) is 5.82 Å². The molecule has 100 valence electrons. The van der Waals surface area contributed by atoms with E-state index < -0.39 is 5.97 Å². The van der Waals surface area contributed by atoms with Crippen molar-refractivity contribution in [2.24, 2.45) is 7.05 Å². The van der Waals surface area contributed by atoms with E-state index in [9.17, 15) is 4.79 Å². The van der Waals surface area contributed by atoms with Crippen molar-refractivity contribution < 1.29 is 9.53 Å². The summed E-state index contributed by atoms with van der Waals surface area (Å²) in [6, 6.07) is 6.82. The Labute approximate surface area is 116 Å². The third-order valence-corrected chi connectivity index (χ3v) is 2.89. The molecule has 0 aliphatic rings. The number of benzene rings is 1. The number of esters is 1. The van der Waals surface area contributed by atoms with Gasteiger partial charge >= 0.3 is 5.97 Å². The van der Waals surface area contributed by atoms with Crippen LogP contribution in [-0.4, -0.2) is 22.9 Å². The number of aryl methyl sites for hydroxylation is 2. The van der Waals surface area contributed by atoms with Gasteiger partial charge in [-0.2, -0.15) is 5.10 Å². The molecule has 0 radical (unpaired) electrons. The van der Waals surface area contributed by atoms with Crippen LogP contribution in [0, 0.1) is 6.92 Å². The first kappa shape index (κ1) is 13.4. The molecule has 0 amide bonds. The minimum absolute atomic E-state index is 0.418. The van der Waals surface area contributed by atoms with E-state index in [0.717, 1.165) is 11.5 Å². The molecule has 1 N–H and O–H groups in total. The van der Waals surface area contributed by atoms with Crippen LogP contribution >= 0.6 is 11.6 Å². The largest absolute Gasteiger partial charge is 0.465 e. The van der Waals surface area contributed by atoms with E-state index in [-0.39, 0.29) is 0 Å². The Hall–Kier alpha value is -2.01. The Kier molecular flexibility index (Phi) is 3.76. The van der Waals surface area contributed by atoms with Crippen molar-refractivity contribution in [1.29, 1.82) is 0 Å². The molecule has 0 atom stereocenters. The average Bonchev–Trinajstić information content (AvgIpc) is 2.67. The fourth-order valence-electron chi connectivity index (χ4n) is 1.77. The first-order valence-corrected chi connectivity index (χ1v) is 6.04. The molecule has 0 spiro atoms. The number of rotatable bonds is 3. The van der Waals surface area contributed by atoms with Gasteiger partial charge in [0.2, 0.25) is 0 Å². The summed E-state index contributed by atoms with van der Waals surface area (Å²) < 4.78 is 6.44. The van der Waals surface area contributed by atoms with Crippen LogP contribution in [-0.2, 0) is 11.8 Å². The second-order valence-corrected chi connectivity index (χ2v) is 4.54. The molecule has 0 unspecified atom stereocenters. The SMILES string of the molecule is COC(=O)c1ccc(Cl)cc1Nc1cc(C)nn1C. The van der Waals surface area contributed by atoms with Gasteiger partial charge in [0.25, 0.3) is 0 Å². The minimum Gasteiger partial charge on any atom is -0.465 e. The van der Waals surface area contributed by atoms with Crippen molar-refractivity contribution in [1.82, 2.24) is 9.78 Å². The molecule has 0 saturated heterocycles. The maximum Gasteiger partial charge on any atom is 0.339 e. The summed E-state index contributed by atoms with van der Waals surface area (Å²) >= 11 is 5.96. The highest BCUT2D eigenvalue weighted by molar-refractivity contribution is 6.31. The standard InChI is InChI=1S/C13H14ClN3O2/c1-8-6-12(17(2)16-8)15-11-7-9(14)4-5-10(11)13(18)19-3/h4-7,15H,1-3H3. The van der Waals surface area contributed by atoms with Gasteiger partial charge in [-0.05, 0) is 25.1 Å². The predicted molar refractivity (Wildman–Crippen MR) is 74.0 cm³/mol. The van der Waals surface area contributed by atoms with Gasteiger partial charge in [-0.15, -0.1) is 0 Å². The highest BCUT2D eigenvalue weighted by Crippen LogP contribution is 2.25. The van der Waals surface area contributed by atoms with Gasteiger partial charge in [0.15, 0.2) is 0 Å². The maximum atomic E-state index is 11.7. The van der Waals surface area contributed by atoms with Crippen molar-refractivity contribution in [3.8, 4) is 0 Å². The van der Waals surface area contributed by atoms with Crippen LogP contribution in [0.3, 0.4) is 0 Å². The molecular weight excluding hydrogens is 266 g/mol. The van der Waals surface area contributed by atoms with E-state index in [1.165, 1.54) is 7.11 Å². The molecule has 2 rings (SSSR count). The van der Waals surface area contributed by atoms with Crippen LogP contribution in [0.2, 0.25) is 5.02 Å². The summed E-state index contributed by atoms with van der Waals surface area (Å²) in [5.41, 5.74) is 1.89. The normalized spacial score (nSPS) is 10.3. The molecule has 1 aromatic carbocycles. The van der Waals surface area contributed by atoms with Crippen LogP contribution in [0.1, 0.15) is 16.1 Å². The van der Waals surface area contributed by atoms with Crippen molar-refractivity contribution in [3.63, 3.8) is 0 Å². The van der Waals surface area contributed by atoms with Crippen molar-refractivity contribution >= 4 is 29.1 Å². The summed E-state index contributed by atoms with van der Waals surface area (Å²) in [5.74, 6) is 0.350. The average molecular weight is 280 g/mol. The zero-order chi connectivity index (χ0) is 14.0. The zero-order valence-electron chi connectivity index (χ0n) is 10.9. The Balaban J connectivity index is 2.41. The molecule has 0 bridgehead atoms. The quantitative estimate of drug-likeness (QED) is 0.878. The number of anilines is 2. The van der Waals surface area contributed by atoms with Crippen LogP contribution < -0.4 is 5.32 Å². The van der Waals surface area contributed by atoms with Crippen molar-refractivity contribution in [3.05, 3.63) is 40.5 Å². The number of halogens is 1. The fourth-order valence-corrected chi connectivity index (χ4v) is 1.95. The lowest BCUT2D eigenvalue weighted by molar-refractivity contribution is 0.0602. The summed E-state index contributed by atoms with van der Waals surface area (Å²) in [5, 5.41) is 7.90. The van der Waals surface area contributed by atoms with E-state index in [0.29, 0.717) is 16.3 Å². The van der Waals surface area contributed by atoms with Crippen LogP contribution in [0.15, 0.2) is 24.3 Å². The van der Waals surface area contributed by atoms with Crippen LogP contribution in [0.25, 0.3) is 0 Å². The molecule has 0 aliphatic carbocycles. The third kappa shape index (κ3) is 2.88. The Morgan fingerprint density at radius 1 is 1.42 bits per heavy atom. The first-order valence-electron chi connectivity index (χ1n) is 5.67. The number of hydrogen-bond acceptors (Lipinski definition) is 4. The van der Waals surface area contributed by atoms with E-state index in [1.807, 2.05) is 20.0 Å². The van der Waals surface area contributed by atoms with Gasteiger partial charge in [0.05, 0.1) is 24.1 Å². The molecule has 2 aromatic rings. The number of nitrogens with zero attached hydrogens (tertiary/aromatic N) is 2. The van der Waals surface area contributed by atoms with E-state index >= 15 is 0 Å². The third-order valence-electron chi connectivity index (χ3n) is 2.65. The van der Waals surface area contributed by atoms with Gasteiger partial charge in [-0.1, -0.05) is 11.6 Å². The summed E-state index contributed by atoms with van der Waals surface area (Å²) in [6.07, 6.45) is 0. The molecule has 6 heteroatoms. The molecular formula is C13H14ClN3O2. The number of ether oxygens (including phenoxy) is 1. The second kappa shape index (κ2) is 5.32. The molecule has 1 aromatic heterocycles. The zero-order valence-corrected chi connectivity index (χ0v) is 11.7. The summed E-state index contributed by atoms with van der Waals surface area (Å²) in [7, 11) is 3.16. The van der Waals surface area contributed by atoms with E-state index in [2.05, 4.69) is 10.4 Å². The molecule has 19 heavy (non-hydrogen) atoms. The Bertz CT molecular complexity index is 622. The van der Waals surface area contributed by atoms with Crippen LogP contribution in [0.5, 0.6) is 0 Å². The summed E-state index contributed by atoms with van der Waals surface area (Å²) in [4.78, 5) is 11.7. The minimum atomic E-state index is -0.418. The lowest BCUT2D eigenvalue weighted by Gasteiger charge is -2.11. The van der Waals surface area contributed by atoms with E-state index in [4.69, 9.17) is 16.3 Å². The number of aromatic nitrogens is 2. The van der Waals surface area contributed by atoms with Gasteiger partial charge < -0.3 is 10.1 Å². The number of nitrogens with one attached hydrogen (secondary N) is 1. The van der Waals surface area contributed by atoms with Gasteiger partial charge in [-0.25, -0.2) is 4.79 Å². The number of methoxy groups -OCH3 is 1. The highest BCUT2D eigenvalue weighted by Gasteiger charge is 2.13. The number of hydrogen-bond donors (Lipinski definition) is 1. The summed E-state index contributed by atoms with van der Waals surface area (Å²) in [6.45, 7) is 1.89. The molecule has 5 nitrogen and oxygen atoms in total. The molecule has 0 fully saturated rings. The smallest absolute Gasteiger partial charge is 0.339 e. The topological polar surface area (TPSA) is 56.1 Å². The lowest BCUT2D eigenvalue weighted by Crippen LogP contribution is -2.07. The number of carbonyl (C=O) groups excluding carboxylic acids is 1. The highest BCUT2D eigenvalue weighted by atomic mass is 35.5. The Morgan fingerprint density at radius 3 is 2.74 bits per heavy atom. The molecule has 0 saturated carbocycles. The van der Waals surface area contributed by atoms with Gasteiger partial charge in [0, 0.05) is 18.1 Å². The lowest BCUT2D eigenvalue weighted by atomic mass is 10.2. The van der Waals surface area contributed by atoms with Crippen molar-refractivity contribution in [2.75, 3.05) is 12.4 Å². The molecule has 0 aliphatic heterocycles. The maximum absolute atomic E-state index is 11.7. The fraction of sp³-hybridized carbons (Fsp3) is 0.231. The predicted octanol–water partition coefficient (Wildman–Crippen LogP) is 2.91. The molecule has 1 heterocycles. The van der Waals surface area contributed by atoms with Gasteiger partial charge in [-0.3, -0.25) is 4.68 Å². The van der Waals surface area contributed by atoms with Crippen LogP contribution in [0.4, 0.5) is 11.5 Å². The first-order chi connectivity index (χ1) is 9.01. The second-order valence-electron chi connectivity index (χ2n) is 4.10. The van der Waals surface area contributed by atoms with E-state index in [1.54, 1.807) is 22.9 Å². The number of carbonyl (C=O) groups is 1. The monoisotopic (exact) mass is 279 g/mol. The Morgan fingerprint density at radius 2 is 2.16 bits per heavy atom.